The number of phenols is 2. The van der Waals surface area contributed by atoms with Gasteiger partial charge in [-0.25, -0.2) is 9.97 Å². The summed E-state index contributed by atoms with van der Waals surface area (Å²) in [5, 5.41) is 30.0. The molecule has 2 amide bonds. The van der Waals surface area contributed by atoms with Gasteiger partial charge in [-0.3, -0.25) is 14.5 Å². The SMILES string of the molecule is N#Cc1ccccc1CN1C(=O)c2c(c(O)c3nccnc3c2O)C1=O. The number of carbonyl (C=O) groups excluding carboxylic acids is 2. The highest BCUT2D eigenvalue weighted by atomic mass is 16.3. The van der Waals surface area contributed by atoms with Crippen molar-refractivity contribution in [3.63, 3.8) is 0 Å². The zero-order chi connectivity index (χ0) is 18.4. The summed E-state index contributed by atoms with van der Waals surface area (Å²) in [6.45, 7) is -0.161. The molecular weight excluding hydrogens is 336 g/mol. The summed E-state index contributed by atoms with van der Waals surface area (Å²) in [4.78, 5) is 34.2. The Labute approximate surface area is 146 Å². The summed E-state index contributed by atoms with van der Waals surface area (Å²) < 4.78 is 0. The van der Waals surface area contributed by atoms with Crippen molar-refractivity contribution < 1.29 is 19.8 Å². The molecule has 2 heterocycles. The molecule has 4 rings (SSSR count). The van der Waals surface area contributed by atoms with Crippen molar-refractivity contribution in [2.75, 3.05) is 0 Å². The lowest BCUT2D eigenvalue weighted by molar-refractivity contribution is 0.0641. The Bertz CT molecular complexity index is 1090. The second kappa shape index (κ2) is 5.53. The number of amides is 2. The van der Waals surface area contributed by atoms with E-state index in [4.69, 9.17) is 0 Å². The summed E-state index contributed by atoms with van der Waals surface area (Å²) in [7, 11) is 0. The van der Waals surface area contributed by atoms with Gasteiger partial charge in [-0.1, -0.05) is 18.2 Å². The lowest BCUT2D eigenvalue weighted by Crippen LogP contribution is -2.29. The molecule has 2 aromatic carbocycles. The summed E-state index contributed by atoms with van der Waals surface area (Å²) >= 11 is 0. The molecule has 0 saturated carbocycles. The van der Waals surface area contributed by atoms with E-state index >= 15 is 0 Å². The normalized spacial score (nSPS) is 13.1. The molecule has 126 valence electrons. The molecule has 0 bridgehead atoms. The smallest absolute Gasteiger partial charge is 0.265 e. The van der Waals surface area contributed by atoms with Gasteiger partial charge in [0.05, 0.1) is 18.2 Å². The van der Waals surface area contributed by atoms with E-state index in [0.717, 1.165) is 4.90 Å². The quantitative estimate of drug-likeness (QED) is 0.534. The number of hydrogen-bond acceptors (Lipinski definition) is 7. The third kappa shape index (κ3) is 2.01. The van der Waals surface area contributed by atoms with Gasteiger partial charge in [0.15, 0.2) is 11.5 Å². The van der Waals surface area contributed by atoms with Crippen LogP contribution in [0.3, 0.4) is 0 Å². The second-order valence-electron chi connectivity index (χ2n) is 5.67. The van der Waals surface area contributed by atoms with Gasteiger partial charge in [0.25, 0.3) is 11.8 Å². The number of fused-ring (bicyclic) bond motifs is 2. The van der Waals surface area contributed by atoms with Crippen LogP contribution in [0.25, 0.3) is 11.0 Å². The third-order valence-corrected chi connectivity index (χ3v) is 4.25. The van der Waals surface area contributed by atoms with E-state index in [1.165, 1.54) is 12.4 Å². The molecular formula is C18H10N4O4. The minimum atomic E-state index is -0.766. The van der Waals surface area contributed by atoms with Crippen molar-refractivity contribution >= 4 is 22.8 Å². The average molecular weight is 346 g/mol. The highest BCUT2D eigenvalue weighted by molar-refractivity contribution is 6.26. The number of imide groups is 1. The van der Waals surface area contributed by atoms with E-state index in [1.54, 1.807) is 24.3 Å². The molecule has 3 aromatic rings. The fraction of sp³-hybridized carbons (Fsp3) is 0.0556. The molecule has 0 fully saturated rings. The number of phenolic OH excluding ortho intramolecular Hbond substituents is 2. The monoisotopic (exact) mass is 346 g/mol. The largest absolute Gasteiger partial charge is 0.505 e. The van der Waals surface area contributed by atoms with Crippen LogP contribution in [0.4, 0.5) is 0 Å². The Morgan fingerprint density at radius 2 is 1.50 bits per heavy atom. The fourth-order valence-electron chi connectivity index (χ4n) is 3.02. The number of aromatic nitrogens is 2. The van der Waals surface area contributed by atoms with Gasteiger partial charge in [0.1, 0.15) is 22.2 Å². The number of hydrogen-bond donors (Lipinski definition) is 2. The number of carbonyl (C=O) groups is 2. The Hall–Kier alpha value is -3.99. The minimum absolute atomic E-state index is 0.0656. The predicted octanol–water partition coefficient (Wildman–Crippen LogP) is 1.71. The molecule has 1 aromatic heterocycles. The molecule has 8 heteroatoms. The third-order valence-electron chi connectivity index (χ3n) is 4.25. The number of aromatic hydroxyl groups is 2. The maximum atomic E-state index is 12.7. The Morgan fingerprint density at radius 1 is 0.962 bits per heavy atom. The number of nitriles is 1. The molecule has 1 aliphatic rings. The van der Waals surface area contributed by atoms with Gasteiger partial charge in [-0.15, -0.1) is 0 Å². The van der Waals surface area contributed by atoms with Gasteiger partial charge in [-0.2, -0.15) is 5.26 Å². The first-order chi connectivity index (χ1) is 12.5. The maximum absolute atomic E-state index is 12.7. The standard InChI is InChI=1S/C18H10N4O4/c19-7-9-3-1-2-4-10(9)8-22-17(25)11-12(18(22)26)16(24)14-13(15(11)23)20-5-6-21-14/h1-6,23-24H,8H2. The van der Waals surface area contributed by atoms with Gasteiger partial charge in [0.2, 0.25) is 0 Å². The van der Waals surface area contributed by atoms with E-state index in [-0.39, 0.29) is 28.7 Å². The molecule has 0 atom stereocenters. The molecule has 2 N–H and O–H groups in total. The predicted molar refractivity (Wildman–Crippen MR) is 88.2 cm³/mol. The summed E-state index contributed by atoms with van der Waals surface area (Å²) in [5.74, 6) is -2.54. The van der Waals surface area contributed by atoms with Crippen LogP contribution in [0.2, 0.25) is 0 Å². The van der Waals surface area contributed by atoms with Crippen molar-refractivity contribution in [2.45, 2.75) is 6.54 Å². The van der Waals surface area contributed by atoms with Crippen LogP contribution in [-0.4, -0.2) is 36.9 Å². The lowest BCUT2D eigenvalue weighted by atomic mass is 10.1. The van der Waals surface area contributed by atoms with E-state index in [2.05, 4.69) is 9.97 Å². The van der Waals surface area contributed by atoms with Crippen LogP contribution in [0, 0.1) is 11.3 Å². The average Bonchev–Trinajstić information content (AvgIpc) is 2.91. The summed E-state index contributed by atoms with van der Waals surface area (Å²) in [6.07, 6.45) is 2.60. The van der Waals surface area contributed by atoms with E-state index < -0.39 is 23.3 Å². The Kier molecular flexibility index (Phi) is 3.30. The summed E-state index contributed by atoms with van der Waals surface area (Å²) in [5.41, 5.74) is 0.0495. The van der Waals surface area contributed by atoms with Crippen molar-refractivity contribution in [2.24, 2.45) is 0 Å². The number of nitrogens with zero attached hydrogens (tertiary/aromatic N) is 4. The fourth-order valence-corrected chi connectivity index (χ4v) is 3.02. The van der Waals surface area contributed by atoms with Crippen molar-refractivity contribution in [3.05, 3.63) is 58.9 Å². The maximum Gasteiger partial charge on any atom is 0.265 e. The van der Waals surface area contributed by atoms with Gasteiger partial charge in [-0.05, 0) is 11.6 Å². The molecule has 1 aliphatic heterocycles. The molecule has 26 heavy (non-hydrogen) atoms. The first kappa shape index (κ1) is 15.5. The zero-order valence-corrected chi connectivity index (χ0v) is 13.2. The first-order valence-corrected chi connectivity index (χ1v) is 7.57. The molecule has 0 aliphatic carbocycles. The van der Waals surface area contributed by atoms with Gasteiger partial charge < -0.3 is 10.2 Å². The highest BCUT2D eigenvalue weighted by Gasteiger charge is 2.42. The van der Waals surface area contributed by atoms with Crippen LogP contribution in [-0.2, 0) is 6.54 Å². The van der Waals surface area contributed by atoms with E-state index in [9.17, 15) is 25.1 Å². The topological polar surface area (TPSA) is 127 Å². The Balaban J connectivity index is 1.87. The van der Waals surface area contributed by atoms with Crippen LogP contribution in [0.15, 0.2) is 36.7 Å². The van der Waals surface area contributed by atoms with E-state index in [1.807, 2.05) is 6.07 Å². The van der Waals surface area contributed by atoms with E-state index in [0.29, 0.717) is 11.1 Å². The van der Waals surface area contributed by atoms with Crippen LogP contribution in [0.5, 0.6) is 11.5 Å². The number of rotatable bonds is 2. The van der Waals surface area contributed by atoms with Crippen LogP contribution < -0.4 is 0 Å². The second-order valence-corrected chi connectivity index (χ2v) is 5.67. The van der Waals surface area contributed by atoms with Crippen LogP contribution in [0.1, 0.15) is 31.8 Å². The number of benzene rings is 2. The first-order valence-electron chi connectivity index (χ1n) is 7.57. The van der Waals surface area contributed by atoms with Gasteiger partial charge >= 0.3 is 0 Å². The van der Waals surface area contributed by atoms with Crippen molar-refractivity contribution in [1.29, 1.82) is 5.26 Å². The highest BCUT2D eigenvalue weighted by Crippen LogP contribution is 2.42. The molecule has 0 saturated heterocycles. The molecule has 8 nitrogen and oxygen atoms in total. The van der Waals surface area contributed by atoms with Crippen molar-refractivity contribution in [3.8, 4) is 17.6 Å². The zero-order valence-electron chi connectivity index (χ0n) is 13.2. The van der Waals surface area contributed by atoms with Crippen molar-refractivity contribution in [1.82, 2.24) is 14.9 Å². The van der Waals surface area contributed by atoms with Gasteiger partial charge in [0, 0.05) is 12.4 Å². The lowest BCUT2D eigenvalue weighted by Gasteiger charge is -2.14. The summed E-state index contributed by atoms with van der Waals surface area (Å²) in [6, 6.07) is 8.56. The Morgan fingerprint density at radius 3 is 2.04 bits per heavy atom. The molecule has 0 radical (unpaired) electrons. The van der Waals surface area contributed by atoms with Crippen LogP contribution >= 0.6 is 0 Å². The molecule has 0 unspecified atom stereocenters. The molecule has 0 spiro atoms. The minimum Gasteiger partial charge on any atom is -0.505 e.